The SMILES string of the molecule is O=C(CCOCC(F)(F)F)OC(c1cccc(F)c1)c1ccccn1. The van der Waals surface area contributed by atoms with Gasteiger partial charge in [0.2, 0.25) is 0 Å². The minimum atomic E-state index is -4.46. The molecule has 0 spiro atoms. The molecule has 2 rings (SSSR count). The zero-order chi connectivity index (χ0) is 18.3. The first-order chi connectivity index (χ1) is 11.8. The van der Waals surface area contributed by atoms with Crippen LogP contribution in [0.25, 0.3) is 0 Å². The van der Waals surface area contributed by atoms with Crippen LogP contribution in [0.4, 0.5) is 17.6 Å². The second-order valence-electron chi connectivity index (χ2n) is 5.10. The smallest absolute Gasteiger partial charge is 0.411 e. The lowest BCUT2D eigenvalue weighted by molar-refractivity contribution is -0.177. The number of aromatic nitrogens is 1. The third-order valence-corrected chi connectivity index (χ3v) is 3.07. The number of carbonyl (C=O) groups is 1. The van der Waals surface area contributed by atoms with E-state index in [2.05, 4.69) is 9.72 Å². The van der Waals surface area contributed by atoms with Gasteiger partial charge in [-0.3, -0.25) is 9.78 Å². The number of nitrogens with zero attached hydrogens (tertiary/aromatic N) is 1. The van der Waals surface area contributed by atoms with Gasteiger partial charge in [-0.05, 0) is 24.3 Å². The zero-order valence-corrected chi connectivity index (χ0v) is 13.0. The van der Waals surface area contributed by atoms with E-state index in [-0.39, 0.29) is 6.42 Å². The van der Waals surface area contributed by atoms with Crippen LogP contribution in [0.15, 0.2) is 48.7 Å². The molecule has 25 heavy (non-hydrogen) atoms. The van der Waals surface area contributed by atoms with Crippen LogP contribution in [0.5, 0.6) is 0 Å². The first-order valence-electron chi connectivity index (χ1n) is 7.35. The van der Waals surface area contributed by atoms with Gasteiger partial charge in [-0.1, -0.05) is 18.2 Å². The molecule has 0 aliphatic carbocycles. The van der Waals surface area contributed by atoms with Gasteiger partial charge in [0, 0.05) is 11.8 Å². The fraction of sp³-hybridized carbons (Fsp3) is 0.294. The second kappa shape index (κ2) is 8.57. The van der Waals surface area contributed by atoms with Crippen molar-refractivity contribution < 1.29 is 31.8 Å². The number of halogens is 4. The summed E-state index contributed by atoms with van der Waals surface area (Å²) in [6.45, 7) is -1.87. The Labute approximate surface area is 141 Å². The normalized spacial score (nSPS) is 12.6. The van der Waals surface area contributed by atoms with Crippen molar-refractivity contribution in [3.63, 3.8) is 0 Å². The first kappa shape index (κ1) is 18.9. The highest BCUT2D eigenvalue weighted by molar-refractivity contribution is 5.70. The highest BCUT2D eigenvalue weighted by Gasteiger charge is 2.27. The lowest BCUT2D eigenvalue weighted by Gasteiger charge is -2.18. The van der Waals surface area contributed by atoms with Gasteiger partial charge in [-0.2, -0.15) is 13.2 Å². The molecule has 0 saturated heterocycles. The van der Waals surface area contributed by atoms with Crippen LogP contribution in [0.1, 0.15) is 23.8 Å². The molecule has 2 aromatic rings. The van der Waals surface area contributed by atoms with Gasteiger partial charge in [0.15, 0.2) is 6.10 Å². The molecule has 0 bridgehead atoms. The van der Waals surface area contributed by atoms with Crippen LogP contribution in [0, 0.1) is 5.82 Å². The number of pyridine rings is 1. The van der Waals surface area contributed by atoms with Crippen molar-refractivity contribution in [1.82, 2.24) is 4.98 Å². The van der Waals surface area contributed by atoms with Crippen molar-refractivity contribution in [2.24, 2.45) is 0 Å². The summed E-state index contributed by atoms with van der Waals surface area (Å²) in [6.07, 6.45) is -4.30. The summed E-state index contributed by atoms with van der Waals surface area (Å²) in [6, 6.07) is 10.4. The molecule has 8 heteroatoms. The topological polar surface area (TPSA) is 48.4 Å². The van der Waals surface area contributed by atoms with Gasteiger partial charge in [0.1, 0.15) is 12.4 Å². The van der Waals surface area contributed by atoms with E-state index in [1.54, 1.807) is 24.3 Å². The summed E-state index contributed by atoms with van der Waals surface area (Å²) in [7, 11) is 0. The Balaban J connectivity index is 2.03. The number of esters is 1. The Hall–Kier alpha value is -2.48. The average Bonchev–Trinajstić information content (AvgIpc) is 2.56. The fourth-order valence-electron chi connectivity index (χ4n) is 2.03. The Bertz CT molecular complexity index is 692. The van der Waals surface area contributed by atoms with Gasteiger partial charge >= 0.3 is 12.1 Å². The molecular weight excluding hydrogens is 342 g/mol. The summed E-state index contributed by atoms with van der Waals surface area (Å²) in [5.41, 5.74) is 0.737. The van der Waals surface area contributed by atoms with E-state index >= 15 is 0 Å². The van der Waals surface area contributed by atoms with Crippen LogP contribution in [-0.2, 0) is 14.3 Å². The largest absolute Gasteiger partial charge is 0.451 e. The van der Waals surface area contributed by atoms with Crippen molar-refractivity contribution in [2.45, 2.75) is 18.7 Å². The standard InChI is InChI=1S/C17H15F4NO3/c18-13-5-3-4-12(10-13)16(14-6-1-2-8-22-14)25-15(23)7-9-24-11-17(19,20)21/h1-6,8,10,16H,7,9,11H2. The third-order valence-electron chi connectivity index (χ3n) is 3.07. The summed E-state index contributed by atoms with van der Waals surface area (Å²) in [5, 5.41) is 0. The average molecular weight is 357 g/mol. The maximum Gasteiger partial charge on any atom is 0.411 e. The van der Waals surface area contributed by atoms with Crippen molar-refractivity contribution in [3.8, 4) is 0 Å². The lowest BCUT2D eigenvalue weighted by Crippen LogP contribution is -2.20. The second-order valence-corrected chi connectivity index (χ2v) is 5.10. The van der Waals surface area contributed by atoms with E-state index in [9.17, 15) is 22.4 Å². The van der Waals surface area contributed by atoms with E-state index in [1.165, 1.54) is 24.4 Å². The predicted octanol–water partition coefficient (Wildman–Crippen LogP) is 3.82. The molecule has 1 heterocycles. The van der Waals surface area contributed by atoms with Crippen LogP contribution in [-0.4, -0.2) is 30.3 Å². The molecule has 0 aliphatic rings. The van der Waals surface area contributed by atoms with Crippen molar-refractivity contribution in [3.05, 3.63) is 65.7 Å². The van der Waals surface area contributed by atoms with E-state index in [4.69, 9.17) is 4.74 Å². The Morgan fingerprint density at radius 3 is 2.60 bits per heavy atom. The van der Waals surface area contributed by atoms with Crippen LogP contribution in [0.3, 0.4) is 0 Å². The minimum absolute atomic E-state index is 0.364. The molecule has 0 radical (unpaired) electrons. The highest BCUT2D eigenvalue weighted by Crippen LogP contribution is 2.25. The van der Waals surface area contributed by atoms with Crippen molar-refractivity contribution >= 4 is 5.97 Å². The molecule has 0 aliphatic heterocycles. The van der Waals surface area contributed by atoms with Crippen molar-refractivity contribution in [2.75, 3.05) is 13.2 Å². The number of hydrogen-bond donors (Lipinski definition) is 0. The van der Waals surface area contributed by atoms with Gasteiger partial charge < -0.3 is 9.47 Å². The van der Waals surface area contributed by atoms with E-state index in [0.717, 1.165) is 0 Å². The van der Waals surface area contributed by atoms with Crippen LogP contribution in [0.2, 0.25) is 0 Å². The number of rotatable bonds is 7. The lowest BCUT2D eigenvalue weighted by atomic mass is 10.1. The molecule has 134 valence electrons. The Kier molecular flexibility index (Phi) is 6.46. The van der Waals surface area contributed by atoms with Gasteiger partial charge in [-0.15, -0.1) is 0 Å². The molecule has 0 N–H and O–H groups in total. The molecule has 1 atom stereocenters. The van der Waals surface area contributed by atoms with Gasteiger partial charge in [-0.25, -0.2) is 4.39 Å². The first-order valence-corrected chi connectivity index (χ1v) is 7.35. The maximum atomic E-state index is 13.5. The number of carbonyl (C=O) groups excluding carboxylic acids is 1. The molecule has 4 nitrogen and oxygen atoms in total. The predicted molar refractivity (Wildman–Crippen MR) is 80.1 cm³/mol. The molecule has 0 saturated carbocycles. The molecule has 0 fully saturated rings. The fourth-order valence-corrected chi connectivity index (χ4v) is 2.03. The Morgan fingerprint density at radius 2 is 1.96 bits per heavy atom. The number of ether oxygens (including phenoxy) is 2. The highest BCUT2D eigenvalue weighted by atomic mass is 19.4. The summed E-state index contributed by atoms with van der Waals surface area (Å²) in [4.78, 5) is 16.0. The minimum Gasteiger partial charge on any atom is -0.451 e. The van der Waals surface area contributed by atoms with Crippen LogP contribution >= 0.6 is 0 Å². The zero-order valence-electron chi connectivity index (χ0n) is 13.0. The summed E-state index contributed by atoms with van der Waals surface area (Å²) >= 11 is 0. The molecular formula is C17H15F4NO3. The molecule has 0 amide bonds. The van der Waals surface area contributed by atoms with E-state index in [1.807, 2.05) is 0 Å². The number of benzene rings is 1. The van der Waals surface area contributed by atoms with E-state index in [0.29, 0.717) is 11.3 Å². The van der Waals surface area contributed by atoms with Gasteiger partial charge in [0.05, 0.1) is 18.7 Å². The third kappa shape index (κ3) is 6.50. The molecule has 1 aromatic heterocycles. The van der Waals surface area contributed by atoms with Crippen molar-refractivity contribution in [1.29, 1.82) is 0 Å². The molecule has 1 aromatic carbocycles. The molecule has 1 unspecified atom stereocenters. The van der Waals surface area contributed by atoms with Gasteiger partial charge in [0.25, 0.3) is 0 Å². The van der Waals surface area contributed by atoms with E-state index < -0.39 is 37.3 Å². The van der Waals surface area contributed by atoms with Crippen LogP contribution < -0.4 is 0 Å². The number of alkyl halides is 3. The monoisotopic (exact) mass is 357 g/mol. The quantitative estimate of drug-likeness (QED) is 0.429. The summed E-state index contributed by atoms with van der Waals surface area (Å²) in [5.74, 6) is -1.29. The number of hydrogen-bond acceptors (Lipinski definition) is 4. The summed E-state index contributed by atoms with van der Waals surface area (Å²) < 4.78 is 59.1. The maximum absolute atomic E-state index is 13.5. The Morgan fingerprint density at radius 1 is 1.16 bits per heavy atom.